The van der Waals surface area contributed by atoms with Crippen molar-refractivity contribution in [2.24, 2.45) is 0 Å². The summed E-state index contributed by atoms with van der Waals surface area (Å²) in [6.07, 6.45) is 0.675. The van der Waals surface area contributed by atoms with Gasteiger partial charge in [0.15, 0.2) is 0 Å². The van der Waals surface area contributed by atoms with E-state index in [4.69, 9.17) is 4.52 Å². The summed E-state index contributed by atoms with van der Waals surface area (Å²) in [4.78, 5) is 19.0. The number of aromatic nitrogens is 2. The smallest absolute Gasteiger partial charge is 0.241 e. The molecule has 6 heteroatoms. The molecular formula is C21H22N4O2. The molecule has 0 bridgehead atoms. The van der Waals surface area contributed by atoms with Crippen LogP contribution in [-0.4, -0.2) is 34.0 Å². The molecule has 1 amide bonds. The number of nitrogens with zero attached hydrogens (tertiary/aromatic N) is 3. The van der Waals surface area contributed by atoms with Crippen molar-refractivity contribution in [2.45, 2.75) is 32.5 Å². The number of hydrogen-bond donors (Lipinski definition) is 1. The summed E-state index contributed by atoms with van der Waals surface area (Å²) < 4.78 is 5.47. The molecule has 1 aliphatic heterocycles. The van der Waals surface area contributed by atoms with E-state index in [-0.39, 0.29) is 11.9 Å². The lowest BCUT2D eigenvalue weighted by Gasteiger charge is -2.34. The Morgan fingerprint density at radius 2 is 1.93 bits per heavy atom. The van der Waals surface area contributed by atoms with E-state index in [1.807, 2.05) is 43.3 Å². The zero-order valence-corrected chi connectivity index (χ0v) is 15.5. The van der Waals surface area contributed by atoms with Crippen LogP contribution >= 0.6 is 0 Å². The Balaban J connectivity index is 1.57. The molecule has 138 valence electrons. The molecule has 0 spiro atoms. The number of benzene rings is 2. The Bertz CT molecular complexity index is 949. The number of fused-ring (bicyclic) bond motifs is 1. The van der Waals surface area contributed by atoms with Crippen molar-refractivity contribution in [3.8, 4) is 11.4 Å². The number of rotatable bonds is 4. The average Bonchev–Trinajstić information content (AvgIpc) is 3.16. The van der Waals surface area contributed by atoms with Crippen molar-refractivity contribution < 1.29 is 9.32 Å². The van der Waals surface area contributed by atoms with Gasteiger partial charge in [-0.1, -0.05) is 59.3 Å². The van der Waals surface area contributed by atoms with Gasteiger partial charge in [0.05, 0.1) is 12.6 Å². The summed E-state index contributed by atoms with van der Waals surface area (Å²) in [5.41, 5.74) is 4.55. The lowest BCUT2D eigenvalue weighted by molar-refractivity contribution is -0.126. The molecule has 3 aromatic rings. The third-order valence-electron chi connectivity index (χ3n) is 5.01. The summed E-state index contributed by atoms with van der Waals surface area (Å²) in [6.45, 7) is 3.15. The van der Waals surface area contributed by atoms with Gasteiger partial charge in [-0.2, -0.15) is 4.98 Å². The van der Waals surface area contributed by atoms with Crippen molar-refractivity contribution in [2.75, 3.05) is 7.05 Å². The Hall–Kier alpha value is -2.99. The van der Waals surface area contributed by atoms with E-state index in [1.54, 1.807) is 7.05 Å². The summed E-state index contributed by atoms with van der Waals surface area (Å²) in [7, 11) is 1.67. The molecule has 0 radical (unpaired) electrons. The highest BCUT2D eigenvalue weighted by Gasteiger charge is 2.32. The van der Waals surface area contributed by atoms with Gasteiger partial charge in [0.2, 0.25) is 17.6 Å². The molecular weight excluding hydrogens is 340 g/mol. The van der Waals surface area contributed by atoms with Gasteiger partial charge in [-0.05, 0) is 24.5 Å². The van der Waals surface area contributed by atoms with E-state index in [0.29, 0.717) is 31.2 Å². The topological polar surface area (TPSA) is 71.3 Å². The minimum absolute atomic E-state index is 0.00257. The maximum Gasteiger partial charge on any atom is 0.241 e. The van der Waals surface area contributed by atoms with E-state index in [1.165, 1.54) is 16.7 Å². The van der Waals surface area contributed by atoms with Crippen LogP contribution in [0, 0.1) is 6.92 Å². The first kappa shape index (κ1) is 17.4. The predicted molar refractivity (Wildman–Crippen MR) is 102 cm³/mol. The quantitative estimate of drug-likeness (QED) is 0.773. The number of hydrogen-bond acceptors (Lipinski definition) is 5. The highest BCUT2D eigenvalue weighted by molar-refractivity contribution is 5.82. The number of carbonyl (C=O) groups excluding carboxylic acids is 1. The third kappa shape index (κ3) is 3.61. The predicted octanol–water partition coefficient (Wildman–Crippen LogP) is 2.72. The van der Waals surface area contributed by atoms with Crippen molar-refractivity contribution in [3.05, 3.63) is 71.1 Å². The molecule has 2 heterocycles. The minimum Gasteiger partial charge on any atom is -0.358 e. The van der Waals surface area contributed by atoms with Crippen LogP contribution in [0.2, 0.25) is 0 Å². The van der Waals surface area contributed by atoms with E-state index < -0.39 is 0 Å². The summed E-state index contributed by atoms with van der Waals surface area (Å²) in [5, 5.41) is 6.87. The molecule has 0 saturated heterocycles. The third-order valence-corrected chi connectivity index (χ3v) is 5.01. The summed E-state index contributed by atoms with van der Waals surface area (Å²) >= 11 is 0. The van der Waals surface area contributed by atoms with Crippen molar-refractivity contribution in [3.63, 3.8) is 0 Å². The molecule has 0 saturated carbocycles. The van der Waals surface area contributed by atoms with Crippen LogP contribution < -0.4 is 5.32 Å². The number of amides is 1. The zero-order valence-electron chi connectivity index (χ0n) is 15.5. The molecule has 1 N–H and O–H groups in total. The van der Waals surface area contributed by atoms with E-state index in [2.05, 4.69) is 32.5 Å². The van der Waals surface area contributed by atoms with Gasteiger partial charge in [0.1, 0.15) is 0 Å². The molecule has 0 aliphatic carbocycles. The Kier molecular flexibility index (Phi) is 4.73. The highest BCUT2D eigenvalue weighted by Crippen LogP contribution is 2.25. The van der Waals surface area contributed by atoms with Crippen LogP contribution in [0.1, 0.15) is 22.6 Å². The number of nitrogens with one attached hydrogen (secondary N) is 1. The molecule has 1 aromatic heterocycles. The number of likely N-dealkylation sites (N-methyl/N-ethyl adjacent to an activating group) is 1. The van der Waals surface area contributed by atoms with Crippen LogP contribution in [0.25, 0.3) is 11.4 Å². The maximum absolute atomic E-state index is 12.4. The fraction of sp³-hybridized carbons (Fsp3) is 0.286. The highest BCUT2D eigenvalue weighted by atomic mass is 16.5. The molecule has 1 aliphatic rings. The second-order valence-electron chi connectivity index (χ2n) is 6.89. The minimum atomic E-state index is -0.250. The van der Waals surface area contributed by atoms with Gasteiger partial charge in [0.25, 0.3) is 0 Å². The van der Waals surface area contributed by atoms with Crippen LogP contribution in [0.15, 0.2) is 53.1 Å². The van der Waals surface area contributed by atoms with Crippen LogP contribution in [-0.2, 0) is 24.3 Å². The van der Waals surface area contributed by atoms with Crippen LogP contribution in [0.3, 0.4) is 0 Å². The first-order chi connectivity index (χ1) is 13.1. The van der Waals surface area contributed by atoms with Crippen molar-refractivity contribution in [1.29, 1.82) is 0 Å². The van der Waals surface area contributed by atoms with Gasteiger partial charge >= 0.3 is 0 Å². The van der Waals surface area contributed by atoms with Gasteiger partial charge in [-0.3, -0.25) is 9.69 Å². The largest absolute Gasteiger partial charge is 0.358 e. The second kappa shape index (κ2) is 7.32. The first-order valence-electron chi connectivity index (χ1n) is 9.06. The average molecular weight is 362 g/mol. The number of carbonyl (C=O) groups is 1. The standard InChI is InChI=1S/C21H22N4O2/c1-14-7-9-15(10-8-14)20-23-19(27-24-20)13-25-12-17-6-4-3-5-16(17)11-18(25)21(26)22-2/h3-10,18H,11-13H2,1-2H3,(H,22,26)/t18-/m1/s1. The van der Waals surface area contributed by atoms with E-state index >= 15 is 0 Å². The Morgan fingerprint density at radius 1 is 1.19 bits per heavy atom. The molecule has 6 nitrogen and oxygen atoms in total. The molecule has 0 fully saturated rings. The lowest BCUT2D eigenvalue weighted by atomic mass is 9.93. The number of aryl methyl sites for hydroxylation is 1. The van der Waals surface area contributed by atoms with Crippen LogP contribution in [0.5, 0.6) is 0 Å². The lowest BCUT2D eigenvalue weighted by Crippen LogP contribution is -2.49. The SMILES string of the molecule is CNC(=O)[C@H]1Cc2ccccc2CN1Cc1nc(-c2ccc(C)cc2)no1. The summed E-state index contributed by atoms with van der Waals surface area (Å²) in [6, 6.07) is 16.0. The van der Waals surface area contributed by atoms with E-state index in [9.17, 15) is 4.79 Å². The van der Waals surface area contributed by atoms with Crippen molar-refractivity contribution >= 4 is 5.91 Å². The Labute approximate surface area is 158 Å². The summed E-state index contributed by atoms with van der Waals surface area (Å²) in [5.74, 6) is 1.08. The fourth-order valence-corrected chi connectivity index (χ4v) is 3.48. The molecule has 1 atom stereocenters. The van der Waals surface area contributed by atoms with Gasteiger partial charge in [0, 0.05) is 19.2 Å². The normalized spacial score (nSPS) is 16.7. The monoisotopic (exact) mass is 362 g/mol. The van der Waals surface area contributed by atoms with Gasteiger partial charge in [-0.15, -0.1) is 0 Å². The zero-order chi connectivity index (χ0) is 18.8. The van der Waals surface area contributed by atoms with Gasteiger partial charge in [-0.25, -0.2) is 0 Å². The van der Waals surface area contributed by atoms with E-state index in [0.717, 1.165) is 5.56 Å². The molecule has 2 aromatic carbocycles. The fourth-order valence-electron chi connectivity index (χ4n) is 3.48. The first-order valence-corrected chi connectivity index (χ1v) is 9.06. The Morgan fingerprint density at radius 3 is 2.67 bits per heavy atom. The molecule has 4 rings (SSSR count). The maximum atomic E-state index is 12.4. The second-order valence-corrected chi connectivity index (χ2v) is 6.89. The molecule has 27 heavy (non-hydrogen) atoms. The molecule has 0 unspecified atom stereocenters. The van der Waals surface area contributed by atoms with Crippen molar-refractivity contribution in [1.82, 2.24) is 20.4 Å². The van der Waals surface area contributed by atoms with Gasteiger partial charge < -0.3 is 9.84 Å². The van der Waals surface area contributed by atoms with Crippen LogP contribution in [0.4, 0.5) is 0 Å².